The molecule has 0 aromatic heterocycles. The highest BCUT2D eigenvalue weighted by molar-refractivity contribution is 5.99. The molecule has 3 saturated carbocycles. The number of aliphatic hydroxyl groups is 6. The molecule has 0 radical (unpaired) electrons. The lowest BCUT2D eigenvalue weighted by Crippen LogP contribution is -2.62. The van der Waals surface area contributed by atoms with Crippen molar-refractivity contribution in [3.8, 4) is 0 Å². The topological polar surface area (TPSA) is 154 Å². The first-order valence-electron chi connectivity index (χ1n) is 13.2. The van der Waals surface area contributed by atoms with E-state index in [2.05, 4.69) is 12.1 Å². The second kappa shape index (κ2) is 8.50. The van der Waals surface area contributed by atoms with Gasteiger partial charge in [0.05, 0.1) is 40.8 Å². The van der Waals surface area contributed by atoms with E-state index in [0.717, 1.165) is 12.0 Å². The zero-order valence-corrected chi connectivity index (χ0v) is 21.8. The predicted octanol–water partition coefficient (Wildman–Crippen LogP) is 2.12. The Morgan fingerprint density at radius 1 is 1.06 bits per heavy atom. The molecule has 10 atom stereocenters. The van der Waals surface area contributed by atoms with Gasteiger partial charge in [-0.15, -0.1) is 0 Å². The van der Waals surface area contributed by atoms with Crippen molar-refractivity contribution in [3.05, 3.63) is 11.6 Å². The standard InChI is InChI=1S/C27H45NO7/c1-23(2,32)9-8-22(31)26(5,33)21-7-11-27(34)16-12-18(28-35)17-13-19(29)20(30)14-24(17,3)15(16)6-10-25(21,27)4/h12,15,17,19-22,29-35H,6-11,13-14H2,1-5H3/b28-18+/t15?,17-,19+,20-,21?,22?,24+,25+,26+,27+/m0/s1. The molecular weight excluding hydrogens is 450 g/mol. The molecule has 35 heavy (non-hydrogen) atoms. The first-order valence-corrected chi connectivity index (χ1v) is 13.2. The smallest absolute Gasteiger partial charge is 0.0920 e. The van der Waals surface area contributed by atoms with Gasteiger partial charge in [-0.25, -0.2) is 0 Å². The average molecular weight is 496 g/mol. The summed E-state index contributed by atoms with van der Waals surface area (Å²) < 4.78 is 0. The van der Waals surface area contributed by atoms with Gasteiger partial charge in [-0.2, -0.15) is 0 Å². The van der Waals surface area contributed by atoms with Crippen LogP contribution in [0.25, 0.3) is 0 Å². The summed E-state index contributed by atoms with van der Waals surface area (Å²) in [4.78, 5) is 0. The van der Waals surface area contributed by atoms with Crippen molar-refractivity contribution in [1.29, 1.82) is 0 Å². The predicted molar refractivity (Wildman–Crippen MR) is 131 cm³/mol. The largest absolute Gasteiger partial charge is 0.411 e. The third-order valence-electron chi connectivity index (χ3n) is 10.7. The highest BCUT2D eigenvalue weighted by Gasteiger charge is 2.68. The van der Waals surface area contributed by atoms with Crippen LogP contribution in [-0.4, -0.2) is 76.7 Å². The van der Waals surface area contributed by atoms with Gasteiger partial charge in [-0.1, -0.05) is 19.0 Å². The van der Waals surface area contributed by atoms with Gasteiger partial charge >= 0.3 is 0 Å². The maximum atomic E-state index is 12.3. The first kappa shape index (κ1) is 27.0. The molecule has 0 bridgehead atoms. The molecule has 4 aliphatic carbocycles. The summed E-state index contributed by atoms with van der Waals surface area (Å²) in [6.45, 7) is 9.04. The minimum Gasteiger partial charge on any atom is -0.411 e. The van der Waals surface area contributed by atoms with E-state index in [1.807, 2.05) is 6.92 Å². The van der Waals surface area contributed by atoms with Gasteiger partial charge in [0.1, 0.15) is 0 Å². The molecule has 7 N–H and O–H groups in total. The first-order chi connectivity index (χ1) is 16.0. The molecule has 0 aromatic rings. The average Bonchev–Trinajstić information content (AvgIpc) is 3.04. The number of oxime groups is 1. The van der Waals surface area contributed by atoms with Gasteiger partial charge in [0.15, 0.2) is 0 Å². The summed E-state index contributed by atoms with van der Waals surface area (Å²) in [5.41, 5.74) is -3.66. The van der Waals surface area contributed by atoms with Crippen LogP contribution in [-0.2, 0) is 0 Å². The Bertz CT molecular complexity index is 894. The van der Waals surface area contributed by atoms with Crippen molar-refractivity contribution in [3.63, 3.8) is 0 Å². The lowest BCUT2D eigenvalue weighted by atomic mass is 9.45. The zero-order valence-electron chi connectivity index (χ0n) is 21.8. The number of aliphatic hydroxyl groups excluding tert-OH is 3. The maximum absolute atomic E-state index is 12.3. The van der Waals surface area contributed by atoms with Gasteiger partial charge in [-0.3, -0.25) is 0 Å². The Labute approximate surface area is 208 Å². The molecule has 3 unspecified atom stereocenters. The molecular formula is C27H45NO7. The van der Waals surface area contributed by atoms with E-state index in [9.17, 15) is 35.8 Å². The van der Waals surface area contributed by atoms with Crippen LogP contribution < -0.4 is 0 Å². The van der Waals surface area contributed by atoms with Crippen molar-refractivity contribution in [1.82, 2.24) is 0 Å². The molecule has 4 aliphatic rings. The molecule has 200 valence electrons. The second-order valence-electron chi connectivity index (χ2n) is 13.3. The highest BCUT2D eigenvalue weighted by atomic mass is 16.4. The van der Waals surface area contributed by atoms with E-state index in [1.165, 1.54) is 0 Å². The normalized spacial score (nSPS) is 47.3. The van der Waals surface area contributed by atoms with Gasteiger partial charge in [-0.05, 0) is 101 Å². The van der Waals surface area contributed by atoms with Gasteiger partial charge in [0.25, 0.3) is 0 Å². The van der Waals surface area contributed by atoms with Gasteiger partial charge < -0.3 is 35.8 Å². The van der Waals surface area contributed by atoms with Crippen LogP contribution in [0.4, 0.5) is 0 Å². The molecule has 3 fully saturated rings. The molecule has 0 saturated heterocycles. The Balaban J connectivity index is 1.70. The summed E-state index contributed by atoms with van der Waals surface area (Å²) in [7, 11) is 0. The fourth-order valence-corrected chi connectivity index (χ4v) is 8.44. The third kappa shape index (κ3) is 3.99. The number of hydrogen-bond donors (Lipinski definition) is 7. The summed E-state index contributed by atoms with van der Waals surface area (Å²) in [6, 6.07) is 0. The molecule has 8 heteroatoms. The Kier molecular flexibility index (Phi) is 6.56. The van der Waals surface area contributed by atoms with E-state index < -0.39 is 45.9 Å². The molecule has 0 aliphatic heterocycles. The van der Waals surface area contributed by atoms with Crippen LogP contribution in [0.5, 0.6) is 0 Å². The summed E-state index contributed by atoms with van der Waals surface area (Å²) in [6.07, 6.45) is 2.53. The maximum Gasteiger partial charge on any atom is 0.0920 e. The second-order valence-corrected chi connectivity index (χ2v) is 13.3. The SMILES string of the molecule is CC(C)(O)CCC(O)[C@](C)(O)C1CC[C@@]2(O)C3=C/C(=N\O)[C@@H]4C[C@@H](O)[C@@H](O)C[C@]4(C)C3CC[C@]12C. The third-order valence-corrected chi connectivity index (χ3v) is 10.7. The monoisotopic (exact) mass is 495 g/mol. The molecule has 0 aromatic carbocycles. The molecule has 0 amide bonds. The van der Waals surface area contributed by atoms with E-state index in [4.69, 9.17) is 0 Å². The fourth-order valence-electron chi connectivity index (χ4n) is 8.44. The number of allylic oxidation sites excluding steroid dienone is 1. The molecule has 4 rings (SSSR count). The van der Waals surface area contributed by atoms with Crippen LogP contribution in [0, 0.1) is 28.6 Å². The summed E-state index contributed by atoms with van der Waals surface area (Å²) in [5.74, 6) is -0.656. The van der Waals surface area contributed by atoms with Crippen molar-refractivity contribution >= 4 is 5.71 Å². The highest BCUT2D eigenvalue weighted by Crippen LogP contribution is 2.68. The molecule has 8 nitrogen and oxygen atoms in total. The van der Waals surface area contributed by atoms with Crippen LogP contribution in [0.3, 0.4) is 0 Å². The van der Waals surface area contributed by atoms with Crippen LogP contribution in [0.2, 0.25) is 0 Å². The van der Waals surface area contributed by atoms with Crippen molar-refractivity contribution in [2.24, 2.45) is 33.7 Å². The minimum atomic E-state index is -1.46. The van der Waals surface area contributed by atoms with Crippen LogP contribution >= 0.6 is 0 Å². The Morgan fingerprint density at radius 2 is 1.71 bits per heavy atom. The van der Waals surface area contributed by atoms with Gasteiger partial charge in [0.2, 0.25) is 0 Å². The van der Waals surface area contributed by atoms with E-state index in [0.29, 0.717) is 44.2 Å². The number of hydrogen-bond acceptors (Lipinski definition) is 8. The number of rotatable bonds is 5. The molecule has 0 heterocycles. The van der Waals surface area contributed by atoms with Crippen LogP contribution in [0.15, 0.2) is 16.8 Å². The van der Waals surface area contributed by atoms with E-state index in [-0.39, 0.29) is 24.2 Å². The lowest BCUT2D eigenvalue weighted by molar-refractivity contribution is -0.172. The lowest BCUT2D eigenvalue weighted by Gasteiger charge is -2.61. The Morgan fingerprint density at radius 3 is 2.31 bits per heavy atom. The van der Waals surface area contributed by atoms with Crippen molar-refractivity contribution < 1.29 is 35.8 Å². The van der Waals surface area contributed by atoms with Gasteiger partial charge in [0, 0.05) is 11.3 Å². The summed E-state index contributed by atoms with van der Waals surface area (Å²) in [5, 5.41) is 79.3. The van der Waals surface area contributed by atoms with E-state index in [1.54, 1.807) is 26.8 Å². The minimum absolute atomic E-state index is 0.0537. The summed E-state index contributed by atoms with van der Waals surface area (Å²) >= 11 is 0. The Hall–Kier alpha value is -1.03. The fraction of sp³-hybridized carbons (Fsp3) is 0.889. The quantitative estimate of drug-likeness (QED) is 0.228. The number of fused-ring (bicyclic) bond motifs is 5. The molecule has 0 spiro atoms. The zero-order chi connectivity index (χ0) is 26.2. The van der Waals surface area contributed by atoms with E-state index >= 15 is 0 Å². The van der Waals surface area contributed by atoms with Crippen molar-refractivity contribution in [2.45, 2.75) is 121 Å². The van der Waals surface area contributed by atoms with Crippen LogP contribution in [0.1, 0.15) is 86.0 Å². The number of nitrogens with zero attached hydrogens (tertiary/aromatic N) is 1. The van der Waals surface area contributed by atoms with Crippen molar-refractivity contribution in [2.75, 3.05) is 0 Å².